The summed E-state index contributed by atoms with van der Waals surface area (Å²) in [5, 5.41) is 0.962. The lowest BCUT2D eigenvalue weighted by atomic mass is 10.2. The first kappa shape index (κ1) is 13.1. The first-order chi connectivity index (χ1) is 9.85. The van der Waals surface area contributed by atoms with Gasteiger partial charge >= 0.3 is 6.01 Å². The smallest absolute Gasteiger partial charge is 0.316 e. The van der Waals surface area contributed by atoms with E-state index in [1.54, 1.807) is 13.3 Å². The zero-order valence-corrected chi connectivity index (χ0v) is 11.7. The molecule has 2 heterocycles. The van der Waals surface area contributed by atoms with Gasteiger partial charge in [0.05, 0.1) is 12.6 Å². The molecule has 2 aromatic rings. The topological polar surface area (TPSA) is 47.5 Å². The fourth-order valence-corrected chi connectivity index (χ4v) is 2.48. The Labute approximate surface area is 118 Å². The Bertz CT molecular complexity index is 582. The summed E-state index contributed by atoms with van der Waals surface area (Å²) in [4.78, 5) is 10.8. The average molecular weight is 273 g/mol. The highest BCUT2D eigenvalue weighted by Gasteiger charge is 2.10. The summed E-state index contributed by atoms with van der Waals surface area (Å²) in [5.74, 6) is 0.866. The third-order valence-corrected chi connectivity index (χ3v) is 3.59. The molecule has 1 aromatic heterocycles. The first-order valence-electron chi connectivity index (χ1n) is 7.01. The maximum atomic E-state index is 5.80. The van der Waals surface area contributed by atoms with Crippen molar-refractivity contribution in [3.63, 3.8) is 0 Å². The second-order valence-corrected chi connectivity index (χ2v) is 4.97. The van der Waals surface area contributed by atoms with Gasteiger partial charge in [0.25, 0.3) is 0 Å². The van der Waals surface area contributed by atoms with Crippen LogP contribution in [-0.4, -0.2) is 48.2 Å². The maximum Gasteiger partial charge on any atom is 0.316 e. The second-order valence-electron chi connectivity index (χ2n) is 4.97. The van der Waals surface area contributed by atoms with Crippen molar-refractivity contribution in [2.75, 3.05) is 33.4 Å². The van der Waals surface area contributed by atoms with E-state index in [1.165, 1.54) is 25.9 Å². The van der Waals surface area contributed by atoms with Gasteiger partial charge in [-0.3, -0.25) is 4.90 Å². The Morgan fingerprint density at radius 3 is 2.90 bits per heavy atom. The number of aromatic nitrogens is 2. The summed E-state index contributed by atoms with van der Waals surface area (Å²) in [6.07, 6.45) is 4.39. The van der Waals surface area contributed by atoms with Gasteiger partial charge in [-0.1, -0.05) is 0 Å². The monoisotopic (exact) mass is 273 g/mol. The molecule has 1 aromatic carbocycles. The lowest BCUT2D eigenvalue weighted by Gasteiger charge is -2.15. The van der Waals surface area contributed by atoms with Gasteiger partial charge in [-0.2, -0.15) is 4.98 Å². The Morgan fingerprint density at radius 2 is 2.10 bits per heavy atom. The van der Waals surface area contributed by atoms with Crippen LogP contribution >= 0.6 is 0 Å². The zero-order valence-electron chi connectivity index (χ0n) is 11.7. The van der Waals surface area contributed by atoms with Crippen LogP contribution in [0.5, 0.6) is 11.8 Å². The normalized spacial score (nSPS) is 15.7. The summed E-state index contributed by atoms with van der Waals surface area (Å²) in [6, 6.07) is 6.24. The lowest BCUT2D eigenvalue weighted by Crippen LogP contribution is -2.25. The third-order valence-electron chi connectivity index (χ3n) is 3.59. The van der Waals surface area contributed by atoms with E-state index in [1.807, 2.05) is 18.2 Å². The van der Waals surface area contributed by atoms with E-state index in [9.17, 15) is 0 Å². The summed E-state index contributed by atoms with van der Waals surface area (Å²) in [6.45, 7) is 4.13. The number of nitrogens with zero attached hydrogens (tertiary/aromatic N) is 3. The Kier molecular flexibility index (Phi) is 3.97. The SMILES string of the molecule is COc1ncc2cc(OCCN3CCCC3)ccc2n1. The summed E-state index contributed by atoms with van der Waals surface area (Å²) in [5.41, 5.74) is 0.865. The standard InChI is InChI=1S/C15H19N3O2/c1-19-15-16-11-12-10-13(4-5-14(12)17-15)20-9-8-18-6-2-3-7-18/h4-5,10-11H,2-3,6-9H2,1H3. The number of fused-ring (bicyclic) bond motifs is 1. The van der Waals surface area contributed by atoms with Crippen molar-refractivity contribution >= 4 is 10.9 Å². The van der Waals surface area contributed by atoms with E-state index in [2.05, 4.69) is 14.9 Å². The van der Waals surface area contributed by atoms with Crippen molar-refractivity contribution in [2.45, 2.75) is 12.8 Å². The number of hydrogen-bond donors (Lipinski definition) is 0. The predicted molar refractivity (Wildman–Crippen MR) is 77.3 cm³/mol. The minimum atomic E-state index is 0.389. The molecule has 106 valence electrons. The van der Waals surface area contributed by atoms with Gasteiger partial charge in [-0.05, 0) is 44.1 Å². The molecule has 0 unspecified atom stereocenters. The van der Waals surface area contributed by atoms with E-state index in [4.69, 9.17) is 9.47 Å². The van der Waals surface area contributed by atoms with Gasteiger partial charge in [0, 0.05) is 18.1 Å². The Hall–Kier alpha value is -1.88. The summed E-state index contributed by atoms with van der Waals surface area (Å²) < 4.78 is 10.8. The number of hydrogen-bond acceptors (Lipinski definition) is 5. The van der Waals surface area contributed by atoms with Crippen molar-refractivity contribution in [1.82, 2.24) is 14.9 Å². The van der Waals surface area contributed by atoms with Crippen LogP contribution < -0.4 is 9.47 Å². The van der Waals surface area contributed by atoms with Gasteiger partial charge < -0.3 is 9.47 Å². The fraction of sp³-hybridized carbons (Fsp3) is 0.467. The molecule has 0 N–H and O–H groups in total. The minimum absolute atomic E-state index is 0.389. The van der Waals surface area contributed by atoms with Crippen LogP contribution in [0.2, 0.25) is 0 Å². The predicted octanol–water partition coefficient (Wildman–Crippen LogP) is 2.11. The van der Waals surface area contributed by atoms with E-state index >= 15 is 0 Å². The van der Waals surface area contributed by atoms with Crippen molar-refractivity contribution < 1.29 is 9.47 Å². The van der Waals surface area contributed by atoms with E-state index < -0.39 is 0 Å². The molecular formula is C15H19N3O2. The van der Waals surface area contributed by atoms with Gasteiger partial charge in [-0.15, -0.1) is 0 Å². The van der Waals surface area contributed by atoms with Gasteiger partial charge in [0.1, 0.15) is 12.4 Å². The summed E-state index contributed by atoms with van der Waals surface area (Å²) >= 11 is 0. The molecule has 0 spiro atoms. The fourth-order valence-electron chi connectivity index (χ4n) is 2.48. The molecule has 0 aliphatic carbocycles. The minimum Gasteiger partial charge on any atom is -0.492 e. The first-order valence-corrected chi connectivity index (χ1v) is 7.01. The highest BCUT2D eigenvalue weighted by molar-refractivity contribution is 5.79. The van der Waals surface area contributed by atoms with Gasteiger partial charge in [0.15, 0.2) is 0 Å². The molecule has 20 heavy (non-hydrogen) atoms. The molecule has 0 saturated carbocycles. The van der Waals surface area contributed by atoms with E-state index in [-0.39, 0.29) is 0 Å². The van der Waals surface area contributed by atoms with Crippen LogP contribution in [0.15, 0.2) is 24.4 Å². The maximum absolute atomic E-state index is 5.80. The molecule has 1 aliphatic rings. The average Bonchev–Trinajstić information content (AvgIpc) is 3.00. The van der Waals surface area contributed by atoms with Crippen LogP contribution in [0.1, 0.15) is 12.8 Å². The van der Waals surface area contributed by atoms with Crippen molar-refractivity contribution in [3.8, 4) is 11.8 Å². The highest BCUT2D eigenvalue weighted by atomic mass is 16.5. The van der Waals surface area contributed by atoms with Gasteiger partial charge in [0.2, 0.25) is 0 Å². The number of methoxy groups -OCH3 is 1. The molecule has 5 heteroatoms. The molecule has 1 saturated heterocycles. The van der Waals surface area contributed by atoms with Crippen molar-refractivity contribution in [1.29, 1.82) is 0 Å². The lowest BCUT2D eigenvalue weighted by molar-refractivity contribution is 0.238. The van der Waals surface area contributed by atoms with Crippen molar-refractivity contribution in [3.05, 3.63) is 24.4 Å². The zero-order chi connectivity index (χ0) is 13.8. The number of ether oxygens (including phenoxy) is 2. The van der Waals surface area contributed by atoms with E-state index in [0.29, 0.717) is 6.01 Å². The highest BCUT2D eigenvalue weighted by Crippen LogP contribution is 2.20. The van der Waals surface area contributed by atoms with Crippen LogP contribution in [0.4, 0.5) is 0 Å². The molecule has 0 bridgehead atoms. The Morgan fingerprint density at radius 1 is 1.25 bits per heavy atom. The quantitative estimate of drug-likeness (QED) is 0.835. The molecular weight excluding hydrogens is 254 g/mol. The summed E-state index contributed by atoms with van der Waals surface area (Å²) in [7, 11) is 1.57. The second kappa shape index (κ2) is 6.05. The van der Waals surface area contributed by atoms with Crippen LogP contribution in [0, 0.1) is 0 Å². The molecule has 0 atom stereocenters. The molecule has 0 radical (unpaired) electrons. The van der Waals surface area contributed by atoms with E-state index in [0.717, 1.165) is 29.8 Å². The number of likely N-dealkylation sites (tertiary alicyclic amines) is 1. The largest absolute Gasteiger partial charge is 0.492 e. The van der Waals surface area contributed by atoms with Crippen LogP contribution in [0.25, 0.3) is 10.9 Å². The molecule has 3 rings (SSSR count). The van der Waals surface area contributed by atoms with Crippen LogP contribution in [0.3, 0.4) is 0 Å². The molecule has 1 aliphatic heterocycles. The molecule has 5 nitrogen and oxygen atoms in total. The third kappa shape index (κ3) is 2.99. The number of rotatable bonds is 5. The van der Waals surface area contributed by atoms with Gasteiger partial charge in [-0.25, -0.2) is 4.98 Å². The molecule has 0 amide bonds. The van der Waals surface area contributed by atoms with Crippen molar-refractivity contribution in [2.24, 2.45) is 0 Å². The molecule has 1 fully saturated rings. The van der Waals surface area contributed by atoms with Crippen LogP contribution in [-0.2, 0) is 0 Å². The number of benzene rings is 1. The Balaban J connectivity index is 1.63.